The highest BCUT2D eigenvalue weighted by molar-refractivity contribution is 5.94. The first-order valence-corrected chi connectivity index (χ1v) is 20.3. The van der Waals surface area contributed by atoms with Gasteiger partial charge in [-0.15, -0.1) is 0 Å². The number of hydrogen-bond acceptors (Lipinski definition) is 10. The topological polar surface area (TPSA) is 182 Å². The molecule has 0 aromatic heterocycles. The van der Waals surface area contributed by atoms with Gasteiger partial charge in [0, 0.05) is 11.4 Å². The van der Waals surface area contributed by atoms with Gasteiger partial charge in [0.15, 0.2) is 0 Å². The minimum Gasteiger partial charge on any atom is -0.463 e. The van der Waals surface area contributed by atoms with Crippen LogP contribution in [0.15, 0.2) is 162 Å². The summed E-state index contributed by atoms with van der Waals surface area (Å²) < 4.78 is 41.2. The summed E-state index contributed by atoms with van der Waals surface area (Å²) in [5.74, 6) is -0.256. The fourth-order valence-corrected chi connectivity index (χ4v) is 6.43. The fourth-order valence-electron chi connectivity index (χ4n) is 6.43. The molecule has 0 fully saturated rings. The highest BCUT2D eigenvalue weighted by atomic mass is 19.1. The third kappa shape index (κ3) is 14.8. The van der Waals surface area contributed by atoms with Crippen molar-refractivity contribution in [2.75, 3.05) is 23.8 Å². The van der Waals surface area contributed by atoms with E-state index in [0.717, 1.165) is 17.5 Å². The molecule has 328 valence electrons. The summed E-state index contributed by atoms with van der Waals surface area (Å²) in [7, 11) is 0. The van der Waals surface area contributed by atoms with Crippen LogP contribution >= 0.6 is 0 Å². The Hall–Kier alpha value is -7.68. The zero-order chi connectivity index (χ0) is 45.0. The minimum atomic E-state index is -0.489. The molecule has 0 spiro atoms. The van der Waals surface area contributed by atoms with Gasteiger partial charge in [0.1, 0.15) is 29.0 Å². The second kappa shape index (κ2) is 23.9. The van der Waals surface area contributed by atoms with E-state index in [1.54, 1.807) is 74.5 Å². The number of benzene rings is 5. The number of nitrogens with one attached hydrogen (secondary N) is 5. The smallest absolute Gasteiger partial charge is 0.417 e. The Bertz CT molecular complexity index is 2290. The quantitative estimate of drug-likeness (QED) is 0.0741. The first-order valence-electron chi connectivity index (χ1n) is 20.3. The Morgan fingerprint density at radius 3 is 1.52 bits per heavy atom. The molecular weight excluding hydrogens is 811 g/mol. The lowest BCUT2D eigenvalue weighted by Gasteiger charge is -2.29. The second-order valence-electron chi connectivity index (χ2n) is 13.9. The molecule has 2 atom stereocenters. The predicted molar refractivity (Wildman–Crippen MR) is 236 cm³/mol. The van der Waals surface area contributed by atoms with Crippen LogP contribution in [0.1, 0.15) is 62.7 Å². The molecule has 0 bridgehead atoms. The average Bonchev–Trinajstić information content (AvgIpc) is 3.28. The number of urea groups is 1. The molecule has 0 unspecified atom stereocenters. The SMILES string of the molecule is CCOC(=O)C1=C(N)N[C@@H](c2ccc(F)cc2)CC1.CCOC(=O)C1=C(NC(=O)Nc2ccccc2)N[C@@H](c2ccc(F)cc2)CC1.O=C(Nc1ccccc1)Oc1ccccc1. The van der Waals surface area contributed by atoms with E-state index in [0.29, 0.717) is 65.8 Å². The van der Waals surface area contributed by atoms with Gasteiger partial charge >= 0.3 is 24.1 Å². The van der Waals surface area contributed by atoms with Gasteiger partial charge in [0.05, 0.1) is 36.4 Å². The minimum absolute atomic E-state index is 0.00113. The summed E-state index contributed by atoms with van der Waals surface area (Å²) >= 11 is 0. The van der Waals surface area contributed by atoms with Crippen molar-refractivity contribution in [1.82, 2.24) is 16.0 Å². The number of amides is 3. The number of nitrogens with two attached hydrogens (primary N) is 1. The van der Waals surface area contributed by atoms with Gasteiger partial charge in [-0.25, -0.2) is 28.0 Å². The van der Waals surface area contributed by atoms with Crippen molar-refractivity contribution < 1.29 is 42.2 Å². The van der Waals surface area contributed by atoms with Gasteiger partial charge in [-0.2, -0.15) is 0 Å². The Balaban J connectivity index is 0.000000187. The molecule has 3 amide bonds. The summed E-state index contributed by atoms with van der Waals surface area (Å²) in [6.07, 6.45) is 1.83. The van der Waals surface area contributed by atoms with Crippen LogP contribution in [0.3, 0.4) is 0 Å². The molecule has 7 rings (SSSR count). The van der Waals surface area contributed by atoms with Crippen molar-refractivity contribution in [3.05, 3.63) is 185 Å². The van der Waals surface area contributed by atoms with Gasteiger partial charge in [0.2, 0.25) is 0 Å². The molecule has 2 heterocycles. The first-order chi connectivity index (χ1) is 30.5. The Morgan fingerprint density at radius 2 is 1.03 bits per heavy atom. The van der Waals surface area contributed by atoms with Crippen molar-refractivity contribution in [2.24, 2.45) is 5.73 Å². The Labute approximate surface area is 364 Å². The summed E-state index contributed by atoms with van der Waals surface area (Å²) in [6, 6.07) is 38.9. The molecule has 2 aliphatic rings. The molecular formula is C48H50F2N6O7. The number of anilines is 2. The Morgan fingerprint density at radius 1 is 0.587 bits per heavy atom. The van der Waals surface area contributed by atoms with E-state index in [-0.39, 0.29) is 36.3 Å². The van der Waals surface area contributed by atoms with Crippen LogP contribution in [0, 0.1) is 11.6 Å². The molecule has 7 N–H and O–H groups in total. The number of carbonyl (C=O) groups is 4. The lowest BCUT2D eigenvalue weighted by molar-refractivity contribution is -0.139. The van der Waals surface area contributed by atoms with Crippen molar-refractivity contribution in [3.63, 3.8) is 0 Å². The zero-order valence-corrected chi connectivity index (χ0v) is 34.9. The van der Waals surface area contributed by atoms with Gasteiger partial charge < -0.3 is 35.9 Å². The molecule has 2 aliphatic heterocycles. The molecule has 15 heteroatoms. The predicted octanol–water partition coefficient (Wildman–Crippen LogP) is 9.13. The highest BCUT2D eigenvalue weighted by Crippen LogP contribution is 2.29. The third-order valence-electron chi connectivity index (χ3n) is 9.47. The summed E-state index contributed by atoms with van der Waals surface area (Å²) in [4.78, 5) is 47.8. The molecule has 0 radical (unpaired) electrons. The van der Waals surface area contributed by atoms with Gasteiger partial charge in [-0.3, -0.25) is 10.6 Å². The average molecular weight is 861 g/mol. The van der Waals surface area contributed by atoms with E-state index in [4.69, 9.17) is 19.9 Å². The number of rotatable bonds is 10. The van der Waals surface area contributed by atoms with Crippen LogP contribution in [0.4, 0.5) is 29.7 Å². The largest absolute Gasteiger partial charge is 0.463 e. The van der Waals surface area contributed by atoms with Crippen molar-refractivity contribution in [2.45, 2.75) is 51.6 Å². The van der Waals surface area contributed by atoms with Crippen LogP contribution in [-0.4, -0.2) is 37.3 Å². The number of halogens is 2. The van der Waals surface area contributed by atoms with Crippen LogP contribution in [0.2, 0.25) is 0 Å². The maximum absolute atomic E-state index is 13.2. The molecule has 0 aliphatic carbocycles. The summed E-state index contributed by atoms with van der Waals surface area (Å²) in [6.45, 7) is 4.06. The van der Waals surface area contributed by atoms with Crippen LogP contribution in [0.5, 0.6) is 5.75 Å². The lowest BCUT2D eigenvalue weighted by Crippen LogP contribution is -2.41. The standard InChI is InChI=1S/C21H22FN3O3.C14H17FN2O2.C13H11NO2/c1-2-28-20(26)17-12-13-18(14-8-10-15(22)11-9-14)24-19(17)25-21(27)23-16-6-4-3-5-7-16;1-2-19-14(18)11-7-8-12(17-13(11)16)9-3-5-10(15)6-4-9;15-13(14-11-7-3-1-4-8-11)16-12-9-5-2-6-10-12/h3-11,18,24H,2,12-13H2,1H3,(H2,23,25,27);3-6,12,17H,2,7-8,16H2,1H3;1-10H,(H,14,15)/t18-;12-;/m11./s1. The number of carbonyl (C=O) groups excluding carboxylic acids is 4. The van der Waals surface area contributed by atoms with Gasteiger partial charge in [-0.05, 0) is 111 Å². The number of esters is 2. The maximum Gasteiger partial charge on any atom is 0.417 e. The van der Waals surface area contributed by atoms with Crippen LogP contribution in [0.25, 0.3) is 0 Å². The van der Waals surface area contributed by atoms with Gasteiger partial charge in [0.25, 0.3) is 0 Å². The number of ether oxygens (including phenoxy) is 3. The van der Waals surface area contributed by atoms with E-state index >= 15 is 0 Å². The van der Waals surface area contributed by atoms with Crippen LogP contribution < -0.4 is 37.1 Å². The maximum atomic E-state index is 13.2. The monoisotopic (exact) mass is 860 g/mol. The molecule has 5 aromatic rings. The normalized spacial score (nSPS) is 15.3. The first kappa shape index (κ1) is 46.4. The fraction of sp³-hybridized carbons (Fsp3) is 0.208. The molecule has 63 heavy (non-hydrogen) atoms. The second-order valence-corrected chi connectivity index (χ2v) is 13.9. The van der Waals surface area contributed by atoms with Crippen molar-refractivity contribution in [3.8, 4) is 5.75 Å². The van der Waals surface area contributed by atoms with E-state index in [1.807, 2.05) is 54.6 Å². The van der Waals surface area contributed by atoms with Crippen molar-refractivity contribution in [1.29, 1.82) is 0 Å². The summed E-state index contributed by atoms with van der Waals surface area (Å²) in [5.41, 5.74) is 9.89. The van der Waals surface area contributed by atoms with E-state index in [2.05, 4.69) is 26.6 Å². The van der Waals surface area contributed by atoms with Crippen LogP contribution in [-0.2, 0) is 19.1 Å². The molecule has 13 nitrogen and oxygen atoms in total. The van der Waals surface area contributed by atoms with E-state index in [1.165, 1.54) is 24.3 Å². The molecule has 0 saturated carbocycles. The summed E-state index contributed by atoms with van der Waals surface area (Å²) in [5, 5.41) is 14.3. The lowest BCUT2D eigenvalue weighted by atomic mass is 9.95. The van der Waals surface area contributed by atoms with Crippen molar-refractivity contribution >= 4 is 35.4 Å². The van der Waals surface area contributed by atoms with E-state index < -0.39 is 18.1 Å². The van der Waals surface area contributed by atoms with E-state index in [9.17, 15) is 28.0 Å². The number of para-hydroxylation sites is 3. The zero-order valence-electron chi connectivity index (χ0n) is 34.9. The number of hydrogen-bond donors (Lipinski definition) is 6. The Kier molecular flexibility index (Phi) is 17.6. The molecule has 5 aromatic carbocycles. The molecule has 0 saturated heterocycles. The highest BCUT2D eigenvalue weighted by Gasteiger charge is 2.28. The third-order valence-corrected chi connectivity index (χ3v) is 9.47. The van der Waals surface area contributed by atoms with Gasteiger partial charge in [-0.1, -0.05) is 78.9 Å².